The van der Waals surface area contributed by atoms with Gasteiger partial charge in [-0.15, -0.1) is 0 Å². The minimum Gasteiger partial charge on any atom is -0.872 e. The summed E-state index contributed by atoms with van der Waals surface area (Å²) in [6.45, 7) is 3.69. The third-order valence-electron chi connectivity index (χ3n) is 3.96. The molecule has 39 heavy (non-hydrogen) atoms. The van der Waals surface area contributed by atoms with Gasteiger partial charge >= 0.3 is 16.8 Å². The van der Waals surface area contributed by atoms with Crippen LogP contribution < -0.4 is 20.8 Å². The summed E-state index contributed by atoms with van der Waals surface area (Å²) in [5.41, 5.74) is 1.29. The van der Waals surface area contributed by atoms with E-state index in [1.54, 1.807) is 48.8 Å². The van der Waals surface area contributed by atoms with Crippen LogP contribution in [0, 0.1) is 30.6 Å². The molecule has 0 amide bonds. The molecule has 2 aromatic rings. The molecule has 0 atom stereocenters. The van der Waals surface area contributed by atoms with E-state index >= 15 is 0 Å². The van der Waals surface area contributed by atoms with Gasteiger partial charge in [-0.2, -0.15) is 0 Å². The van der Waals surface area contributed by atoms with Crippen molar-refractivity contribution in [3.05, 3.63) is 87.1 Å². The first-order valence-corrected chi connectivity index (χ1v) is 12.6. The van der Waals surface area contributed by atoms with E-state index in [0.717, 1.165) is 48.0 Å². The van der Waals surface area contributed by atoms with Crippen LogP contribution in [0.3, 0.4) is 0 Å². The van der Waals surface area contributed by atoms with E-state index in [9.17, 15) is 10.2 Å². The second-order valence-corrected chi connectivity index (χ2v) is 8.81. The van der Waals surface area contributed by atoms with Crippen LogP contribution in [0.1, 0.15) is 24.0 Å². The molecule has 0 fully saturated rings. The van der Waals surface area contributed by atoms with Crippen molar-refractivity contribution in [3.8, 4) is 11.5 Å². The number of halogens is 2. The number of hydrogen-bond acceptors (Lipinski definition) is 10. The van der Waals surface area contributed by atoms with E-state index in [2.05, 4.69) is 52.5 Å². The fourth-order valence-corrected chi connectivity index (χ4v) is 3.10. The standard InChI is InChI=1S/2C11H15BrN2O.Co.2NO3/c2*1-13-5-2-6-14-8-9-7-10(12)3-4-11(9)15;;2*2-1(3)4/h2*3-4,7-8,13,15H,2,5-6H2,1H3;;;/q;;+2;2*-1. The molecule has 17 heteroatoms. The van der Waals surface area contributed by atoms with Crippen LogP contribution in [0.15, 0.2) is 55.3 Å². The van der Waals surface area contributed by atoms with Crippen LogP contribution >= 0.6 is 31.9 Å². The fraction of sp³-hybridized carbons (Fsp3) is 0.364. The first-order valence-electron chi connectivity index (χ1n) is 11.1. The van der Waals surface area contributed by atoms with E-state index < -0.39 is 10.2 Å². The molecule has 1 radical (unpaired) electrons. The molecular weight excluding hydrogens is 695 g/mol. The third-order valence-corrected chi connectivity index (χ3v) is 4.95. The molecule has 2 aromatic carbocycles. The summed E-state index contributed by atoms with van der Waals surface area (Å²) in [5, 5.41) is 56.5. The predicted molar refractivity (Wildman–Crippen MR) is 147 cm³/mol. The van der Waals surface area contributed by atoms with Crippen molar-refractivity contribution in [2.24, 2.45) is 9.98 Å². The van der Waals surface area contributed by atoms with Crippen LogP contribution in [-0.4, -0.2) is 62.9 Å². The van der Waals surface area contributed by atoms with Crippen molar-refractivity contribution in [3.63, 3.8) is 0 Å². The molecule has 0 saturated carbocycles. The fourth-order valence-electron chi connectivity index (χ4n) is 2.34. The Balaban J connectivity index is -0.000000512. The summed E-state index contributed by atoms with van der Waals surface area (Å²) < 4.78 is 1.82. The number of benzene rings is 2. The van der Waals surface area contributed by atoms with Gasteiger partial charge < -0.3 is 51.5 Å². The van der Waals surface area contributed by atoms with Gasteiger partial charge in [-0.25, -0.2) is 0 Å². The molecule has 0 aromatic heterocycles. The molecule has 14 nitrogen and oxygen atoms in total. The van der Waals surface area contributed by atoms with Gasteiger partial charge in [-0.05, 0) is 35.4 Å². The molecule has 0 aliphatic carbocycles. The average Bonchev–Trinajstić information content (AvgIpc) is 2.83. The van der Waals surface area contributed by atoms with Crippen LogP contribution in [-0.2, 0) is 16.8 Å². The SMILES string of the molecule is C[NH2+]CCCN=Cc1cc(Br)ccc1[O-].C[NH2+]CCCN=Cc1cc(Br)ccc1[O-].O=[N+]([O-])[O-].O=[N+]([O-])[O-].[Co+2]. The Bertz CT molecular complexity index is 931. The number of nitrogens with two attached hydrogens (primary N) is 2. The van der Waals surface area contributed by atoms with Gasteiger partial charge in [0.2, 0.25) is 0 Å². The van der Waals surface area contributed by atoms with Crippen molar-refractivity contribution in [1.29, 1.82) is 0 Å². The molecule has 0 heterocycles. The Kier molecular flexibility index (Phi) is 27.9. The van der Waals surface area contributed by atoms with Crippen LogP contribution in [0.25, 0.3) is 0 Å². The maximum absolute atomic E-state index is 11.4. The Morgan fingerprint density at radius 1 is 0.744 bits per heavy atom. The van der Waals surface area contributed by atoms with E-state index in [4.69, 9.17) is 30.6 Å². The molecule has 0 unspecified atom stereocenters. The van der Waals surface area contributed by atoms with E-state index in [-0.39, 0.29) is 28.3 Å². The average molecular weight is 725 g/mol. The molecule has 0 spiro atoms. The Morgan fingerprint density at radius 2 is 1.05 bits per heavy atom. The van der Waals surface area contributed by atoms with Gasteiger partial charge in [0.15, 0.2) is 0 Å². The quantitative estimate of drug-likeness (QED) is 0.152. The second kappa shape index (κ2) is 26.8. The smallest absolute Gasteiger partial charge is 0.872 e. The summed E-state index contributed by atoms with van der Waals surface area (Å²) in [6.07, 6.45) is 5.38. The van der Waals surface area contributed by atoms with Crippen molar-refractivity contribution >= 4 is 44.3 Å². The van der Waals surface area contributed by atoms with Gasteiger partial charge in [-0.3, -0.25) is 9.98 Å². The van der Waals surface area contributed by atoms with E-state index in [1.807, 2.05) is 14.1 Å². The summed E-state index contributed by atoms with van der Waals surface area (Å²) in [4.78, 5) is 24.9. The van der Waals surface area contributed by atoms with E-state index in [1.165, 1.54) is 0 Å². The van der Waals surface area contributed by atoms with Gasteiger partial charge in [-0.1, -0.05) is 55.5 Å². The minimum atomic E-state index is -1.75. The first kappa shape index (κ1) is 40.7. The molecule has 219 valence electrons. The molecule has 0 aliphatic rings. The van der Waals surface area contributed by atoms with Crippen LogP contribution in [0.5, 0.6) is 11.5 Å². The third kappa shape index (κ3) is 28.0. The summed E-state index contributed by atoms with van der Waals surface area (Å²) >= 11 is 6.65. The van der Waals surface area contributed by atoms with Crippen molar-refractivity contribution in [1.82, 2.24) is 0 Å². The van der Waals surface area contributed by atoms with Crippen molar-refractivity contribution in [2.75, 3.05) is 40.3 Å². The zero-order valence-electron chi connectivity index (χ0n) is 21.2. The van der Waals surface area contributed by atoms with Gasteiger partial charge in [0.25, 0.3) is 0 Å². The molecular formula is C22H30Br2CoN6O8. The van der Waals surface area contributed by atoms with Crippen LogP contribution in [0.4, 0.5) is 0 Å². The molecule has 0 aliphatic heterocycles. The number of hydrogen-bond donors (Lipinski definition) is 2. The van der Waals surface area contributed by atoms with E-state index in [0.29, 0.717) is 11.1 Å². The summed E-state index contributed by atoms with van der Waals surface area (Å²) in [7, 11) is 4.07. The number of aliphatic imine (C=N–C) groups is 2. The molecule has 2 rings (SSSR count). The largest absolute Gasteiger partial charge is 2.00 e. The number of rotatable bonds is 10. The Labute approximate surface area is 252 Å². The topological polar surface area (TPSA) is 236 Å². The van der Waals surface area contributed by atoms with Gasteiger partial charge in [0, 0.05) is 47.3 Å². The monoisotopic (exact) mass is 723 g/mol. The molecule has 4 N–H and O–H groups in total. The number of nitrogens with zero attached hydrogens (tertiary/aromatic N) is 4. The number of quaternary nitrogens is 2. The summed E-state index contributed by atoms with van der Waals surface area (Å²) in [6, 6.07) is 10.2. The first-order chi connectivity index (χ1) is 17.9. The maximum Gasteiger partial charge on any atom is 2.00 e. The molecule has 0 bridgehead atoms. The van der Waals surface area contributed by atoms with Crippen molar-refractivity contribution < 1.29 is 47.8 Å². The Morgan fingerprint density at radius 3 is 1.33 bits per heavy atom. The minimum absolute atomic E-state index is 0. The van der Waals surface area contributed by atoms with Crippen LogP contribution in [0.2, 0.25) is 0 Å². The zero-order chi connectivity index (χ0) is 29.3. The Hall–Kier alpha value is -2.83. The normalized spacial score (nSPS) is 9.74. The zero-order valence-corrected chi connectivity index (χ0v) is 25.4. The molecule has 0 saturated heterocycles. The maximum atomic E-state index is 11.4. The van der Waals surface area contributed by atoms with Gasteiger partial charge in [0.1, 0.15) is 0 Å². The predicted octanol–water partition coefficient (Wildman–Crippen LogP) is 0.569. The second-order valence-electron chi connectivity index (χ2n) is 6.98. The van der Waals surface area contributed by atoms with Gasteiger partial charge in [0.05, 0.1) is 37.4 Å². The van der Waals surface area contributed by atoms with Crippen molar-refractivity contribution in [2.45, 2.75) is 12.8 Å². The summed E-state index contributed by atoms with van der Waals surface area (Å²) in [5.74, 6) is 0.0352.